The molecule has 18 heavy (non-hydrogen) atoms. The average Bonchev–Trinajstić information content (AvgIpc) is 2.59. The fraction of sp³-hybridized carbons (Fsp3) is 0.571. The van der Waals surface area contributed by atoms with Crippen LogP contribution in [0.2, 0.25) is 0 Å². The van der Waals surface area contributed by atoms with E-state index >= 15 is 0 Å². The molecule has 0 aromatic carbocycles. The van der Waals surface area contributed by atoms with Crippen molar-refractivity contribution in [3.05, 3.63) is 29.1 Å². The molecule has 1 aliphatic rings. The van der Waals surface area contributed by atoms with Gasteiger partial charge >= 0.3 is 6.09 Å². The molecule has 0 aliphatic heterocycles. The number of nitrogens with one attached hydrogen (secondary N) is 1. The molecular weight excluding hydrogens is 228 g/mol. The summed E-state index contributed by atoms with van der Waals surface area (Å²) in [7, 11) is 0. The zero-order chi connectivity index (χ0) is 13.3. The Labute approximate surface area is 108 Å². The second kappa shape index (κ2) is 4.59. The number of aryl methyl sites for hydroxylation is 2. The summed E-state index contributed by atoms with van der Waals surface area (Å²) >= 11 is 0. The van der Waals surface area contributed by atoms with Crippen molar-refractivity contribution in [3.8, 4) is 0 Å². The molecule has 1 aliphatic carbocycles. The molecule has 1 N–H and O–H groups in total. The number of pyridine rings is 1. The number of amides is 1. The molecule has 0 saturated heterocycles. The number of nitrogens with zero attached hydrogens (tertiary/aromatic N) is 1. The van der Waals surface area contributed by atoms with Gasteiger partial charge < -0.3 is 10.1 Å². The maximum atomic E-state index is 11.8. The van der Waals surface area contributed by atoms with E-state index in [9.17, 15) is 4.79 Å². The van der Waals surface area contributed by atoms with E-state index in [-0.39, 0.29) is 12.1 Å². The van der Waals surface area contributed by atoms with Gasteiger partial charge in [-0.1, -0.05) is 0 Å². The topological polar surface area (TPSA) is 51.2 Å². The van der Waals surface area contributed by atoms with Crippen molar-refractivity contribution in [3.63, 3.8) is 0 Å². The summed E-state index contributed by atoms with van der Waals surface area (Å²) in [6, 6.07) is 2.01. The highest BCUT2D eigenvalue weighted by molar-refractivity contribution is 5.68. The maximum Gasteiger partial charge on any atom is 0.408 e. The SMILES string of the molecule is Cc1ccnc2c1C(NC(=O)OC(C)(C)C)CC2. The minimum absolute atomic E-state index is 0.0311. The number of carbonyl (C=O) groups excluding carboxylic acids is 1. The number of hydrogen-bond donors (Lipinski definition) is 1. The Hall–Kier alpha value is -1.58. The molecule has 0 bridgehead atoms. The lowest BCUT2D eigenvalue weighted by molar-refractivity contribution is 0.0503. The zero-order valence-corrected chi connectivity index (χ0v) is 11.4. The van der Waals surface area contributed by atoms with Gasteiger partial charge in [0.1, 0.15) is 5.60 Å². The second-order valence-corrected chi connectivity index (χ2v) is 5.73. The van der Waals surface area contributed by atoms with Crippen molar-refractivity contribution in [2.45, 2.75) is 52.2 Å². The van der Waals surface area contributed by atoms with Gasteiger partial charge in [0.2, 0.25) is 0 Å². The summed E-state index contributed by atoms with van der Waals surface area (Å²) in [6.45, 7) is 7.64. The molecule has 2 rings (SSSR count). The van der Waals surface area contributed by atoms with Gasteiger partial charge in [-0.15, -0.1) is 0 Å². The van der Waals surface area contributed by atoms with E-state index < -0.39 is 5.60 Å². The third-order valence-electron chi connectivity index (χ3n) is 3.00. The molecule has 0 spiro atoms. The molecule has 4 heteroatoms. The molecule has 1 heterocycles. The summed E-state index contributed by atoms with van der Waals surface area (Å²) in [6.07, 6.45) is 3.28. The van der Waals surface area contributed by atoms with Crippen molar-refractivity contribution in [1.82, 2.24) is 10.3 Å². The van der Waals surface area contributed by atoms with Crippen LogP contribution in [-0.2, 0) is 11.2 Å². The minimum atomic E-state index is -0.463. The molecule has 98 valence electrons. The van der Waals surface area contributed by atoms with Crippen molar-refractivity contribution in [2.75, 3.05) is 0 Å². The molecule has 0 radical (unpaired) electrons. The van der Waals surface area contributed by atoms with Crippen LogP contribution >= 0.6 is 0 Å². The number of alkyl carbamates (subject to hydrolysis) is 1. The summed E-state index contributed by atoms with van der Waals surface area (Å²) in [5.41, 5.74) is 2.97. The van der Waals surface area contributed by atoms with Gasteiger partial charge in [0, 0.05) is 11.9 Å². The third-order valence-corrected chi connectivity index (χ3v) is 3.00. The van der Waals surface area contributed by atoms with Crippen molar-refractivity contribution < 1.29 is 9.53 Å². The van der Waals surface area contributed by atoms with Crippen molar-refractivity contribution >= 4 is 6.09 Å². The molecule has 1 aromatic heterocycles. The Morgan fingerprint density at radius 2 is 2.22 bits per heavy atom. The van der Waals surface area contributed by atoms with E-state index in [0.29, 0.717) is 0 Å². The van der Waals surface area contributed by atoms with E-state index in [1.54, 1.807) is 0 Å². The predicted molar refractivity (Wildman–Crippen MR) is 69.4 cm³/mol. The van der Waals surface area contributed by atoms with Gasteiger partial charge in [-0.25, -0.2) is 4.79 Å². The highest BCUT2D eigenvalue weighted by Crippen LogP contribution is 2.32. The molecule has 1 unspecified atom stereocenters. The Balaban J connectivity index is 2.08. The highest BCUT2D eigenvalue weighted by atomic mass is 16.6. The Morgan fingerprint density at radius 3 is 2.89 bits per heavy atom. The van der Waals surface area contributed by atoms with Crippen molar-refractivity contribution in [2.24, 2.45) is 0 Å². The van der Waals surface area contributed by atoms with Crippen LogP contribution in [0, 0.1) is 6.92 Å². The lowest BCUT2D eigenvalue weighted by Crippen LogP contribution is -2.34. The fourth-order valence-corrected chi connectivity index (χ4v) is 2.32. The number of ether oxygens (including phenoxy) is 1. The Kier molecular flexibility index (Phi) is 3.28. The van der Waals surface area contributed by atoms with Crippen LogP contribution in [0.4, 0.5) is 4.79 Å². The van der Waals surface area contributed by atoms with Crippen LogP contribution in [0.15, 0.2) is 12.3 Å². The quantitative estimate of drug-likeness (QED) is 0.831. The van der Waals surface area contributed by atoms with E-state index in [4.69, 9.17) is 4.74 Å². The summed E-state index contributed by atoms with van der Waals surface area (Å²) in [4.78, 5) is 16.1. The smallest absolute Gasteiger partial charge is 0.408 e. The number of hydrogen-bond acceptors (Lipinski definition) is 3. The molecule has 0 fully saturated rings. The number of rotatable bonds is 1. The largest absolute Gasteiger partial charge is 0.444 e. The standard InChI is InChI=1S/C14H20N2O2/c1-9-7-8-15-10-5-6-11(12(9)10)16-13(17)18-14(2,3)4/h7-8,11H,5-6H2,1-4H3,(H,16,17). The second-order valence-electron chi connectivity index (χ2n) is 5.73. The van der Waals surface area contributed by atoms with Gasteiger partial charge in [-0.05, 0) is 57.7 Å². The van der Waals surface area contributed by atoms with Gasteiger partial charge in [-0.3, -0.25) is 4.98 Å². The van der Waals surface area contributed by atoms with E-state index in [1.807, 2.05) is 33.0 Å². The lowest BCUT2D eigenvalue weighted by atomic mass is 10.1. The first-order valence-electron chi connectivity index (χ1n) is 6.31. The summed E-state index contributed by atoms with van der Waals surface area (Å²) in [5, 5.41) is 2.93. The normalized spacial score (nSPS) is 18.3. The fourth-order valence-electron chi connectivity index (χ4n) is 2.32. The lowest BCUT2D eigenvalue weighted by Gasteiger charge is -2.22. The first-order valence-corrected chi connectivity index (χ1v) is 6.31. The van der Waals surface area contributed by atoms with Gasteiger partial charge in [0.15, 0.2) is 0 Å². The predicted octanol–water partition coefficient (Wildman–Crippen LogP) is 2.90. The third kappa shape index (κ3) is 2.81. The molecule has 0 saturated carbocycles. The molecular formula is C14H20N2O2. The minimum Gasteiger partial charge on any atom is -0.444 e. The van der Waals surface area contributed by atoms with Crippen LogP contribution in [0.3, 0.4) is 0 Å². The first kappa shape index (κ1) is 12.9. The summed E-state index contributed by atoms with van der Waals surface area (Å²) in [5.74, 6) is 0. The number of carbonyl (C=O) groups is 1. The monoisotopic (exact) mass is 248 g/mol. The first-order chi connectivity index (χ1) is 8.37. The van der Waals surface area contributed by atoms with E-state index in [1.165, 1.54) is 5.56 Å². The molecule has 1 amide bonds. The molecule has 1 atom stereocenters. The van der Waals surface area contributed by atoms with Crippen LogP contribution in [-0.4, -0.2) is 16.7 Å². The van der Waals surface area contributed by atoms with Crippen LogP contribution in [0.5, 0.6) is 0 Å². The van der Waals surface area contributed by atoms with Crippen LogP contribution in [0.25, 0.3) is 0 Å². The number of fused-ring (bicyclic) bond motifs is 1. The average molecular weight is 248 g/mol. The highest BCUT2D eigenvalue weighted by Gasteiger charge is 2.28. The van der Waals surface area contributed by atoms with E-state index in [0.717, 1.165) is 24.1 Å². The van der Waals surface area contributed by atoms with Gasteiger partial charge in [0.05, 0.1) is 6.04 Å². The summed E-state index contributed by atoms with van der Waals surface area (Å²) < 4.78 is 5.28. The van der Waals surface area contributed by atoms with E-state index in [2.05, 4.69) is 17.2 Å². The molecule has 4 nitrogen and oxygen atoms in total. The molecule has 1 aromatic rings. The van der Waals surface area contributed by atoms with Gasteiger partial charge in [-0.2, -0.15) is 0 Å². The zero-order valence-electron chi connectivity index (χ0n) is 11.4. The van der Waals surface area contributed by atoms with Crippen molar-refractivity contribution in [1.29, 1.82) is 0 Å². The van der Waals surface area contributed by atoms with Gasteiger partial charge in [0.25, 0.3) is 0 Å². The Bertz CT molecular complexity index is 463. The number of aromatic nitrogens is 1. The Morgan fingerprint density at radius 1 is 1.50 bits per heavy atom. The van der Waals surface area contributed by atoms with Crippen LogP contribution < -0.4 is 5.32 Å². The van der Waals surface area contributed by atoms with Crippen LogP contribution in [0.1, 0.15) is 50.1 Å². The maximum absolute atomic E-state index is 11.8.